The molecular weight excluding hydrogens is 340 g/mol. The standard InChI is InChI=1S/C20H26N6O/c1-20(2,3)26-19(22-23-24-26)18(17-16(27-4)9-11-21-17)25-12-10-14-7-5-6-8-15(14)13-25/h5-9,11,18,21H,10,12-13H2,1-4H3. The van der Waals surface area contributed by atoms with Crippen molar-refractivity contribution in [2.45, 2.75) is 45.3 Å². The molecule has 0 spiro atoms. The Labute approximate surface area is 159 Å². The summed E-state index contributed by atoms with van der Waals surface area (Å²) in [5.74, 6) is 1.64. The van der Waals surface area contributed by atoms with E-state index in [0.29, 0.717) is 0 Å². The van der Waals surface area contributed by atoms with Crippen molar-refractivity contribution in [3.63, 3.8) is 0 Å². The number of benzene rings is 1. The number of nitrogens with one attached hydrogen (secondary N) is 1. The van der Waals surface area contributed by atoms with Gasteiger partial charge in [-0.2, -0.15) is 0 Å². The Morgan fingerprint density at radius 3 is 2.67 bits per heavy atom. The first-order valence-corrected chi connectivity index (χ1v) is 9.30. The Bertz CT molecular complexity index is 922. The monoisotopic (exact) mass is 366 g/mol. The number of methoxy groups -OCH3 is 1. The first kappa shape index (κ1) is 17.7. The van der Waals surface area contributed by atoms with Gasteiger partial charge in [0.2, 0.25) is 0 Å². The predicted octanol–water partition coefficient (Wildman–Crippen LogP) is 2.91. The van der Waals surface area contributed by atoms with Gasteiger partial charge >= 0.3 is 0 Å². The predicted molar refractivity (Wildman–Crippen MR) is 103 cm³/mol. The molecular formula is C20H26N6O. The van der Waals surface area contributed by atoms with E-state index < -0.39 is 0 Å². The Kier molecular flexibility index (Phi) is 4.47. The van der Waals surface area contributed by atoms with Gasteiger partial charge in [0.05, 0.1) is 18.3 Å². The van der Waals surface area contributed by atoms with E-state index in [4.69, 9.17) is 4.74 Å². The lowest BCUT2D eigenvalue weighted by Crippen LogP contribution is -2.38. The van der Waals surface area contributed by atoms with Crippen molar-refractivity contribution in [3.05, 3.63) is 59.2 Å². The molecule has 1 aromatic carbocycles. The molecule has 7 heteroatoms. The number of rotatable bonds is 4. The summed E-state index contributed by atoms with van der Waals surface area (Å²) in [6.45, 7) is 8.12. The molecule has 4 rings (SSSR count). The largest absolute Gasteiger partial charge is 0.495 e. The van der Waals surface area contributed by atoms with Crippen LogP contribution in [0.3, 0.4) is 0 Å². The third-order valence-electron chi connectivity index (χ3n) is 5.13. The van der Waals surface area contributed by atoms with Crippen LogP contribution in [0.15, 0.2) is 36.5 Å². The van der Waals surface area contributed by atoms with Crippen molar-refractivity contribution in [3.8, 4) is 5.75 Å². The van der Waals surface area contributed by atoms with E-state index in [1.54, 1.807) is 7.11 Å². The Hall–Kier alpha value is -2.67. The van der Waals surface area contributed by atoms with Gasteiger partial charge in [0.1, 0.15) is 11.8 Å². The maximum Gasteiger partial charge on any atom is 0.175 e. The number of nitrogens with zero attached hydrogens (tertiary/aromatic N) is 5. The Balaban J connectivity index is 1.80. The topological polar surface area (TPSA) is 71.9 Å². The third kappa shape index (κ3) is 3.23. The molecule has 0 saturated carbocycles. The second-order valence-electron chi connectivity index (χ2n) is 7.97. The molecule has 0 fully saturated rings. The zero-order valence-corrected chi connectivity index (χ0v) is 16.3. The molecule has 0 amide bonds. The quantitative estimate of drug-likeness (QED) is 0.769. The van der Waals surface area contributed by atoms with E-state index in [2.05, 4.69) is 70.4 Å². The van der Waals surface area contributed by atoms with Crippen LogP contribution < -0.4 is 4.74 Å². The molecule has 2 aromatic heterocycles. The highest BCUT2D eigenvalue weighted by Gasteiger charge is 2.35. The fourth-order valence-corrected chi connectivity index (χ4v) is 3.81. The van der Waals surface area contributed by atoms with Gasteiger partial charge in [-0.15, -0.1) is 5.10 Å². The van der Waals surface area contributed by atoms with Gasteiger partial charge in [-0.25, -0.2) is 4.68 Å². The van der Waals surface area contributed by atoms with Crippen LogP contribution in [0.5, 0.6) is 5.75 Å². The molecule has 3 aromatic rings. The minimum absolute atomic E-state index is 0.113. The van der Waals surface area contributed by atoms with Crippen LogP contribution in [-0.2, 0) is 18.5 Å². The lowest BCUT2D eigenvalue weighted by Gasteiger charge is -2.35. The molecule has 0 bridgehead atoms. The summed E-state index contributed by atoms with van der Waals surface area (Å²) in [7, 11) is 1.70. The first-order chi connectivity index (χ1) is 13.0. The Morgan fingerprint density at radius 2 is 1.93 bits per heavy atom. The van der Waals surface area contributed by atoms with E-state index in [1.807, 2.05) is 16.9 Å². The van der Waals surface area contributed by atoms with Crippen molar-refractivity contribution in [1.29, 1.82) is 0 Å². The van der Waals surface area contributed by atoms with Crippen LogP contribution in [0.25, 0.3) is 0 Å². The van der Waals surface area contributed by atoms with Crippen LogP contribution in [0.2, 0.25) is 0 Å². The summed E-state index contributed by atoms with van der Waals surface area (Å²) in [6, 6.07) is 10.5. The van der Waals surface area contributed by atoms with Gasteiger partial charge in [-0.05, 0) is 54.8 Å². The molecule has 1 aliphatic rings. The Morgan fingerprint density at radius 1 is 1.15 bits per heavy atom. The van der Waals surface area contributed by atoms with Crippen molar-refractivity contribution >= 4 is 0 Å². The van der Waals surface area contributed by atoms with Gasteiger partial charge in [0.25, 0.3) is 0 Å². The lowest BCUT2D eigenvalue weighted by atomic mass is 9.97. The summed E-state index contributed by atoms with van der Waals surface area (Å²) in [6.07, 6.45) is 2.91. The molecule has 0 radical (unpaired) electrons. The molecule has 1 N–H and O–H groups in total. The van der Waals surface area contributed by atoms with E-state index in [1.165, 1.54) is 11.1 Å². The van der Waals surface area contributed by atoms with Crippen molar-refractivity contribution in [1.82, 2.24) is 30.1 Å². The summed E-state index contributed by atoms with van der Waals surface area (Å²) in [5, 5.41) is 12.7. The fraction of sp³-hybridized carbons (Fsp3) is 0.450. The average Bonchev–Trinajstić information content (AvgIpc) is 3.31. The number of fused-ring (bicyclic) bond motifs is 1. The van der Waals surface area contributed by atoms with E-state index >= 15 is 0 Å². The fourth-order valence-electron chi connectivity index (χ4n) is 3.81. The first-order valence-electron chi connectivity index (χ1n) is 9.30. The van der Waals surface area contributed by atoms with Crippen LogP contribution >= 0.6 is 0 Å². The van der Waals surface area contributed by atoms with Crippen LogP contribution in [-0.4, -0.2) is 43.7 Å². The van der Waals surface area contributed by atoms with Crippen molar-refractivity contribution < 1.29 is 4.74 Å². The highest BCUT2D eigenvalue weighted by atomic mass is 16.5. The number of H-pyrrole nitrogens is 1. The lowest BCUT2D eigenvalue weighted by molar-refractivity contribution is 0.180. The molecule has 27 heavy (non-hydrogen) atoms. The third-order valence-corrected chi connectivity index (χ3v) is 5.13. The minimum Gasteiger partial charge on any atom is -0.495 e. The van der Waals surface area contributed by atoms with E-state index in [0.717, 1.165) is 36.8 Å². The summed E-state index contributed by atoms with van der Waals surface area (Å²) >= 11 is 0. The molecule has 0 saturated heterocycles. The smallest absolute Gasteiger partial charge is 0.175 e. The van der Waals surface area contributed by atoms with E-state index in [-0.39, 0.29) is 11.6 Å². The number of ether oxygens (including phenoxy) is 1. The minimum atomic E-state index is -0.218. The van der Waals surface area contributed by atoms with Crippen LogP contribution in [0.1, 0.15) is 49.5 Å². The van der Waals surface area contributed by atoms with Crippen LogP contribution in [0.4, 0.5) is 0 Å². The number of aromatic nitrogens is 5. The molecule has 1 atom stereocenters. The van der Waals surface area contributed by atoms with Gasteiger partial charge in [-0.3, -0.25) is 4.90 Å². The maximum atomic E-state index is 5.61. The summed E-state index contributed by atoms with van der Waals surface area (Å²) < 4.78 is 7.53. The maximum absolute atomic E-state index is 5.61. The van der Waals surface area contributed by atoms with Gasteiger partial charge in [-0.1, -0.05) is 24.3 Å². The van der Waals surface area contributed by atoms with Crippen molar-refractivity contribution in [2.75, 3.05) is 13.7 Å². The SMILES string of the molecule is COc1cc[nH]c1C(c1nnnn1C(C)(C)C)N1CCc2ccccc2C1. The highest BCUT2D eigenvalue weighted by molar-refractivity contribution is 5.36. The normalized spacial score (nSPS) is 16.1. The zero-order chi connectivity index (χ0) is 19.0. The van der Waals surface area contributed by atoms with Crippen molar-refractivity contribution in [2.24, 2.45) is 0 Å². The molecule has 0 aliphatic carbocycles. The zero-order valence-electron chi connectivity index (χ0n) is 16.3. The summed E-state index contributed by atoms with van der Waals surface area (Å²) in [5.41, 5.74) is 3.54. The molecule has 1 aliphatic heterocycles. The van der Waals surface area contributed by atoms with Gasteiger partial charge < -0.3 is 9.72 Å². The van der Waals surface area contributed by atoms with E-state index in [9.17, 15) is 0 Å². The molecule has 3 heterocycles. The highest BCUT2D eigenvalue weighted by Crippen LogP contribution is 2.36. The van der Waals surface area contributed by atoms with Crippen LogP contribution in [0, 0.1) is 0 Å². The number of tetrazole rings is 1. The second kappa shape index (κ2) is 6.81. The number of hydrogen-bond donors (Lipinski definition) is 1. The van der Waals surface area contributed by atoms with Gasteiger partial charge in [0.15, 0.2) is 5.82 Å². The number of aromatic amines is 1. The van der Waals surface area contributed by atoms with Gasteiger partial charge in [0, 0.05) is 19.3 Å². The summed E-state index contributed by atoms with van der Waals surface area (Å²) in [4.78, 5) is 5.79. The number of hydrogen-bond acceptors (Lipinski definition) is 5. The molecule has 7 nitrogen and oxygen atoms in total. The molecule has 1 unspecified atom stereocenters. The second-order valence-corrected chi connectivity index (χ2v) is 7.97. The average molecular weight is 366 g/mol. The molecule has 142 valence electrons.